The fourth-order valence-corrected chi connectivity index (χ4v) is 2.87. The highest BCUT2D eigenvalue weighted by atomic mass is 79.9. The van der Waals surface area contributed by atoms with Crippen LogP contribution in [0.4, 0.5) is 0 Å². The summed E-state index contributed by atoms with van der Waals surface area (Å²) in [5.41, 5.74) is 0. The van der Waals surface area contributed by atoms with Gasteiger partial charge in [-0.05, 0) is 25.0 Å². The molecule has 1 amide bonds. The number of carbonyl (C=O) groups is 1. The number of carbonyl (C=O) groups excluding carboxylic acids is 1. The summed E-state index contributed by atoms with van der Waals surface area (Å²) in [6.45, 7) is 5.83. The minimum Gasteiger partial charge on any atom is -0.337 e. The van der Waals surface area contributed by atoms with Crippen molar-refractivity contribution < 1.29 is 4.79 Å². The summed E-state index contributed by atoms with van der Waals surface area (Å²) < 4.78 is 0. The fraction of sp³-hybridized carbons (Fsp3) is 0.583. The van der Waals surface area contributed by atoms with E-state index in [0.29, 0.717) is 0 Å². The lowest BCUT2D eigenvalue weighted by molar-refractivity contribution is 0.0771. The highest BCUT2D eigenvalue weighted by Gasteiger charge is 2.15. The molecule has 0 spiro atoms. The highest BCUT2D eigenvalue weighted by Crippen LogP contribution is 2.19. The number of halogens is 1. The van der Waals surface area contributed by atoms with Crippen LogP contribution >= 0.6 is 27.3 Å². The molecule has 4 heteroatoms. The molecule has 1 aromatic heterocycles. The van der Waals surface area contributed by atoms with Gasteiger partial charge in [-0.3, -0.25) is 4.79 Å². The minimum atomic E-state index is 0.172. The Balaban J connectivity index is 2.72. The molecule has 90 valence electrons. The number of hydrogen-bond acceptors (Lipinski definition) is 2. The Hall–Kier alpha value is -0.350. The van der Waals surface area contributed by atoms with Crippen molar-refractivity contribution in [2.75, 3.05) is 18.4 Å². The van der Waals surface area contributed by atoms with Gasteiger partial charge in [0, 0.05) is 23.3 Å². The number of aryl methyl sites for hydroxylation is 1. The first kappa shape index (κ1) is 13.7. The molecule has 0 atom stereocenters. The predicted molar refractivity (Wildman–Crippen MR) is 73.7 cm³/mol. The zero-order chi connectivity index (χ0) is 12.0. The van der Waals surface area contributed by atoms with Crippen molar-refractivity contribution in [1.29, 1.82) is 0 Å². The second kappa shape index (κ2) is 7.07. The van der Waals surface area contributed by atoms with Gasteiger partial charge in [0.05, 0.1) is 4.88 Å². The maximum absolute atomic E-state index is 12.2. The van der Waals surface area contributed by atoms with Crippen LogP contribution in [0.3, 0.4) is 0 Å². The molecule has 0 N–H and O–H groups in total. The lowest BCUT2D eigenvalue weighted by Crippen LogP contribution is -2.32. The quantitative estimate of drug-likeness (QED) is 0.736. The summed E-state index contributed by atoms with van der Waals surface area (Å²) in [6.07, 6.45) is 2.01. The molecular weight excluding hydrogens is 286 g/mol. The smallest absolute Gasteiger partial charge is 0.263 e. The van der Waals surface area contributed by atoms with Crippen LogP contribution in [-0.2, 0) is 6.42 Å². The van der Waals surface area contributed by atoms with Gasteiger partial charge in [0.2, 0.25) is 0 Å². The van der Waals surface area contributed by atoms with Gasteiger partial charge in [0.25, 0.3) is 5.91 Å². The van der Waals surface area contributed by atoms with Crippen molar-refractivity contribution in [3.05, 3.63) is 21.9 Å². The van der Waals surface area contributed by atoms with Gasteiger partial charge in [0.1, 0.15) is 0 Å². The first-order valence-corrected chi connectivity index (χ1v) is 7.60. The SMILES string of the molecule is CCCN(CCBr)C(=O)c1ccc(CC)s1. The zero-order valence-corrected chi connectivity index (χ0v) is 12.2. The van der Waals surface area contributed by atoms with Gasteiger partial charge in [-0.1, -0.05) is 29.8 Å². The molecule has 0 aromatic carbocycles. The Bertz CT molecular complexity index is 332. The number of alkyl halides is 1. The summed E-state index contributed by atoms with van der Waals surface area (Å²) in [4.78, 5) is 16.2. The van der Waals surface area contributed by atoms with E-state index in [4.69, 9.17) is 0 Å². The molecular formula is C12H18BrNOS. The Morgan fingerprint density at radius 3 is 2.62 bits per heavy atom. The molecule has 0 saturated heterocycles. The molecule has 1 heterocycles. The van der Waals surface area contributed by atoms with Crippen LogP contribution in [0.5, 0.6) is 0 Å². The zero-order valence-electron chi connectivity index (χ0n) is 9.83. The topological polar surface area (TPSA) is 20.3 Å². The van der Waals surface area contributed by atoms with Crippen LogP contribution in [0.15, 0.2) is 12.1 Å². The molecule has 0 radical (unpaired) electrons. The average molecular weight is 304 g/mol. The van der Waals surface area contributed by atoms with Crippen LogP contribution in [0.2, 0.25) is 0 Å². The molecule has 1 aromatic rings. The van der Waals surface area contributed by atoms with Gasteiger partial charge >= 0.3 is 0 Å². The van der Waals surface area contributed by atoms with Gasteiger partial charge in [-0.2, -0.15) is 0 Å². The lowest BCUT2D eigenvalue weighted by atomic mass is 10.3. The molecule has 16 heavy (non-hydrogen) atoms. The van der Waals surface area contributed by atoms with Gasteiger partial charge in [-0.15, -0.1) is 11.3 Å². The van der Waals surface area contributed by atoms with E-state index >= 15 is 0 Å². The molecule has 2 nitrogen and oxygen atoms in total. The van der Waals surface area contributed by atoms with Crippen molar-refractivity contribution in [3.63, 3.8) is 0 Å². The molecule has 0 unspecified atom stereocenters. The largest absolute Gasteiger partial charge is 0.337 e. The number of thiophene rings is 1. The van der Waals surface area contributed by atoms with E-state index in [-0.39, 0.29) is 5.91 Å². The molecule has 0 aliphatic rings. The maximum Gasteiger partial charge on any atom is 0.263 e. The molecule has 0 aliphatic heterocycles. The number of amides is 1. The van der Waals surface area contributed by atoms with Crippen molar-refractivity contribution in [2.45, 2.75) is 26.7 Å². The van der Waals surface area contributed by atoms with E-state index in [0.717, 1.165) is 36.1 Å². The molecule has 1 rings (SSSR count). The van der Waals surface area contributed by atoms with Crippen LogP contribution in [0, 0.1) is 0 Å². The molecule has 0 fully saturated rings. The number of rotatable bonds is 6. The maximum atomic E-state index is 12.2. The van der Waals surface area contributed by atoms with Crippen LogP contribution < -0.4 is 0 Å². The summed E-state index contributed by atoms with van der Waals surface area (Å²) in [7, 11) is 0. The first-order chi connectivity index (χ1) is 7.72. The normalized spacial score (nSPS) is 10.4. The third-order valence-electron chi connectivity index (χ3n) is 2.36. The average Bonchev–Trinajstić information content (AvgIpc) is 2.76. The van der Waals surface area contributed by atoms with Gasteiger partial charge < -0.3 is 4.90 Å². The summed E-state index contributed by atoms with van der Waals surface area (Å²) in [6, 6.07) is 4.00. The third-order valence-corrected chi connectivity index (χ3v) is 3.93. The van der Waals surface area contributed by atoms with E-state index in [2.05, 4.69) is 35.8 Å². The van der Waals surface area contributed by atoms with E-state index < -0.39 is 0 Å². The standard InChI is InChI=1S/C12H18BrNOS/c1-3-8-14(9-7-13)12(15)11-6-5-10(4-2)16-11/h5-6H,3-4,7-9H2,1-2H3. The van der Waals surface area contributed by atoms with Crippen LogP contribution in [-0.4, -0.2) is 29.2 Å². The van der Waals surface area contributed by atoms with Crippen LogP contribution in [0.25, 0.3) is 0 Å². The van der Waals surface area contributed by atoms with Gasteiger partial charge in [-0.25, -0.2) is 0 Å². The number of hydrogen-bond donors (Lipinski definition) is 0. The fourth-order valence-electron chi connectivity index (χ4n) is 1.53. The third kappa shape index (κ3) is 3.59. The summed E-state index contributed by atoms with van der Waals surface area (Å²) in [5, 5.41) is 0.838. The van der Waals surface area contributed by atoms with E-state index in [1.54, 1.807) is 11.3 Å². The highest BCUT2D eigenvalue weighted by molar-refractivity contribution is 9.09. The number of nitrogens with zero attached hydrogens (tertiary/aromatic N) is 1. The molecule has 0 aliphatic carbocycles. The Morgan fingerprint density at radius 2 is 2.12 bits per heavy atom. The van der Waals surface area contributed by atoms with E-state index in [1.165, 1.54) is 4.88 Å². The van der Waals surface area contributed by atoms with Crippen molar-refractivity contribution in [3.8, 4) is 0 Å². The Labute approximate surface area is 110 Å². The minimum absolute atomic E-state index is 0.172. The van der Waals surface area contributed by atoms with Crippen LogP contribution in [0.1, 0.15) is 34.8 Å². The second-order valence-electron chi connectivity index (χ2n) is 3.60. The molecule has 0 saturated carbocycles. The van der Waals surface area contributed by atoms with Crippen molar-refractivity contribution in [1.82, 2.24) is 4.90 Å². The van der Waals surface area contributed by atoms with Gasteiger partial charge in [0.15, 0.2) is 0 Å². The van der Waals surface area contributed by atoms with E-state index in [1.807, 2.05) is 11.0 Å². The first-order valence-electron chi connectivity index (χ1n) is 5.66. The van der Waals surface area contributed by atoms with Crippen molar-refractivity contribution >= 4 is 33.2 Å². The monoisotopic (exact) mass is 303 g/mol. The van der Waals surface area contributed by atoms with E-state index in [9.17, 15) is 4.79 Å². The summed E-state index contributed by atoms with van der Waals surface area (Å²) >= 11 is 5.00. The second-order valence-corrected chi connectivity index (χ2v) is 5.56. The summed E-state index contributed by atoms with van der Waals surface area (Å²) in [5.74, 6) is 0.172. The molecule has 0 bridgehead atoms. The lowest BCUT2D eigenvalue weighted by Gasteiger charge is -2.20. The Morgan fingerprint density at radius 1 is 1.38 bits per heavy atom. The Kier molecular flexibility index (Phi) is 6.06. The predicted octanol–water partition coefficient (Wildman–Crippen LogP) is 3.56. The van der Waals surface area contributed by atoms with Crippen molar-refractivity contribution in [2.24, 2.45) is 0 Å².